The van der Waals surface area contributed by atoms with Crippen LogP contribution < -0.4 is 16.8 Å². The van der Waals surface area contributed by atoms with E-state index in [0.29, 0.717) is 18.2 Å². The summed E-state index contributed by atoms with van der Waals surface area (Å²) in [6.45, 7) is 0.623. The lowest BCUT2D eigenvalue weighted by atomic mass is 10.2. The fraction of sp³-hybridized carbons (Fsp3) is 0.217. The molecule has 0 aromatic carbocycles. The fourth-order valence-corrected chi connectivity index (χ4v) is 3.69. The molecule has 1 fully saturated rings. The second-order valence-electron chi connectivity index (χ2n) is 7.96. The number of nitrogens with one attached hydrogen (secondary N) is 1. The van der Waals surface area contributed by atoms with E-state index in [9.17, 15) is 4.79 Å². The van der Waals surface area contributed by atoms with Gasteiger partial charge in [-0.15, -0.1) is 0 Å². The zero-order valence-corrected chi connectivity index (χ0v) is 17.5. The molecule has 1 aliphatic rings. The lowest BCUT2D eigenvalue weighted by molar-refractivity contribution is -0.117. The molecule has 4 aromatic heterocycles. The minimum absolute atomic E-state index is 0.264. The second-order valence-corrected chi connectivity index (χ2v) is 7.96. The number of hydrogen-bond acceptors (Lipinski definition) is 6. The lowest BCUT2D eigenvalue weighted by Gasteiger charge is -2.04. The first-order chi connectivity index (χ1) is 15.6. The molecule has 162 valence electrons. The van der Waals surface area contributed by atoms with Crippen LogP contribution >= 0.6 is 0 Å². The monoisotopic (exact) mass is 428 g/mol. The number of pyridine rings is 2. The number of carbonyl (C=O) groups excluding carboxylic acids is 1. The highest BCUT2D eigenvalue weighted by atomic mass is 16.1. The smallest absolute Gasteiger partial charge is 0.254 e. The van der Waals surface area contributed by atoms with Crippen molar-refractivity contribution in [1.29, 1.82) is 0 Å². The van der Waals surface area contributed by atoms with E-state index < -0.39 is 0 Å². The number of carbonyl (C=O) groups is 1. The van der Waals surface area contributed by atoms with Crippen molar-refractivity contribution in [1.82, 2.24) is 24.1 Å². The molecule has 0 bridgehead atoms. The van der Waals surface area contributed by atoms with Gasteiger partial charge in [0.1, 0.15) is 5.65 Å². The highest BCUT2D eigenvalue weighted by Crippen LogP contribution is 2.39. The quantitative estimate of drug-likeness (QED) is 0.307. The SMILES string of the molecule is NC=C(C=NCc1cn2cc(C3CC3)ccc2n1)C(=O)NCc1ncn2cc(N)ccc12. The number of anilines is 1. The van der Waals surface area contributed by atoms with E-state index in [0.717, 1.165) is 22.6 Å². The van der Waals surface area contributed by atoms with E-state index >= 15 is 0 Å². The number of imidazole rings is 2. The van der Waals surface area contributed by atoms with Crippen molar-refractivity contribution >= 4 is 29.0 Å². The van der Waals surface area contributed by atoms with Gasteiger partial charge in [-0.25, -0.2) is 9.97 Å². The molecule has 0 aliphatic heterocycles. The summed E-state index contributed by atoms with van der Waals surface area (Å²) < 4.78 is 3.86. The molecule has 1 saturated carbocycles. The van der Waals surface area contributed by atoms with Crippen LogP contribution in [0.15, 0.2) is 65.9 Å². The van der Waals surface area contributed by atoms with Crippen LogP contribution in [-0.4, -0.2) is 30.9 Å². The molecule has 9 nitrogen and oxygen atoms in total. The van der Waals surface area contributed by atoms with Gasteiger partial charge in [-0.05, 0) is 42.5 Å². The van der Waals surface area contributed by atoms with Gasteiger partial charge in [0, 0.05) is 36.7 Å². The van der Waals surface area contributed by atoms with Crippen LogP contribution in [0.25, 0.3) is 11.2 Å². The Morgan fingerprint density at radius 1 is 1.19 bits per heavy atom. The molecule has 1 amide bonds. The van der Waals surface area contributed by atoms with Crippen LogP contribution in [0, 0.1) is 0 Å². The lowest BCUT2D eigenvalue weighted by Crippen LogP contribution is -2.26. The Bertz CT molecular complexity index is 1360. The average molecular weight is 429 g/mol. The van der Waals surface area contributed by atoms with Gasteiger partial charge < -0.3 is 25.6 Å². The van der Waals surface area contributed by atoms with Crippen molar-refractivity contribution < 1.29 is 4.79 Å². The predicted octanol–water partition coefficient (Wildman–Crippen LogP) is 2.17. The number of amides is 1. The van der Waals surface area contributed by atoms with Crippen LogP contribution in [0.4, 0.5) is 5.69 Å². The largest absolute Gasteiger partial charge is 0.404 e. The van der Waals surface area contributed by atoms with E-state index in [1.54, 1.807) is 18.6 Å². The summed E-state index contributed by atoms with van der Waals surface area (Å²) in [4.78, 5) is 25.8. The third-order valence-corrected chi connectivity index (χ3v) is 5.55. The van der Waals surface area contributed by atoms with Crippen LogP contribution in [0.3, 0.4) is 0 Å². The van der Waals surface area contributed by atoms with E-state index in [-0.39, 0.29) is 18.0 Å². The van der Waals surface area contributed by atoms with E-state index in [1.807, 2.05) is 27.1 Å². The molecule has 5 rings (SSSR count). The summed E-state index contributed by atoms with van der Waals surface area (Å²) in [6, 6.07) is 7.85. The maximum Gasteiger partial charge on any atom is 0.254 e. The van der Waals surface area contributed by atoms with Crippen molar-refractivity contribution in [3.05, 3.63) is 77.9 Å². The van der Waals surface area contributed by atoms with E-state index in [1.165, 1.54) is 30.8 Å². The Morgan fingerprint density at radius 2 is 2.06 bits per heavy atom. The Balaban J connectivity index is 1.20. The van der Waals surface area contributed by atoms with E-state index in [2.05, 4.69) is 32.5 Å². The summed E-state index contributed by atoms with van der Waals surface area (Å²) in [5.74, 6) is 0.370. The number of rotatable bonds is 7. The first-order valence-electron chi connectivity index (χ1n) is 10.5. The van der Waals surface area contributed by atoms with Crippen molar-refractivity contribution in [3.8, 4) is 0 Å². The topological polar surface area (TPSA) is 128 Å². The Hall–Kier alpha value is -4.14. The molecule has 0 spiro atoms. The summed E-state index contributed by atoms with van der Waals surface area (Å²) in [5, 5.41) is 2.83. The number of aliphatic imine (C=N–C) groups is 1. The highest BCUT2D eigenvalue weighted by Gasteiger charge is 2.23. The molecule has 4 heterocycles. The second kappa shape index (κ2) is 8.18. The molecule has 4 aromatic rings. The highest BCUT2D eigenvalue weighted by molar-refractivity contribution is 6.12. The molecule has 32 heavy (non-hydrogen) atoms. The molecule has 9 heteroatoms. The van der Waals surface area contributed by atoms with Gasteiger partial charge in [0.15, 0.2) is 0 Å². The molecule has 0 unspecified atom stereocenters. The minimum Gasteiger partial charge on any atom is -0.404 e. The first kappa shape index (κ1) is 19.8. The van der Waals surface area contributed by atoms with Crippen LogP contribution in [-0.2, 0) is 17.9 Å². The van der Waals surface area contributed by atoms with Crippen molar-refractivity contribution in [2.24, 2.45) is 10.7 Å². The first-order valence-corrected chi connectivity index (χ1v) is 10.5. The van der Waals surface area contributed by atoms with Crippen molar-refractivity contribution in [2.45, 2.75) is 31.8 Å². The molecule has 0 atom stereocenters. The average Bonchev–Trinajstić information content (AvgIpc) is 3.45. The number of aromatic nitrogens is 4. The summed E-state index contributed by atoms with van der Waals surface area (Å²) in [5.41, 5.74) is 17.0. The maximum atomic E-state index is 12.5. The van der Waals surface area contributed by atoms with E-state index in [4.69, 9.17) is 11.5 Å². The Morgan fingerprint density at radius 3 is 2.88 bits per heavy atom. The zero-order chi connectivity index (χ0) is 22.1. The van der Waals surface area contributed by atoms with Gasteiger partial charge in [-0.3, -0.25) is 9.79 Å². The van der Waals surface area contributed by atoms with Gasteiger partial charge in [-0.1, -0.05) is 6.07 Å². The summed E-state index contributed by atoms with van der Waals surface area (Å²) >= 11 is 0. The van der Waals surface area contributed by atoms with Crippen LogP contribution in [0.2, 0.25) is 0 Å². The Kier molecular flexibility index (Phi) is 5.06. The van der Waals surface area contributed by atoms with Gasteiger partial charge in [-0.2, -0.15) is 0 Å². The fourth-order valence-electron chi connectivity index (χ4n) is 3.69. The normalized spacial score (nSPS) is 14.6. The Labute approximate surface area is 184 Å². The molecule has 1 aliphatic carbocycles. The third-order valence-electron chi connectivity index (χ3n) is 5.55. The predicted molar refractivity (Wildman–Crippen MR) is 123 cm³/mol. The number of nitrogen functional groups attached to an aromatic ring is 1. The number of hydrogen-bond donors (Lipinski definition) is 3. The van der Waals surface area contributed by atoms with Crippen molar-refractivity contribution in [2.75, 3.05) is 5.73 Å². The van der Waals surface area contributed by atoms with Crippen molar-refractivity contribution in [3.63, 3.8) is 0 Å². The number of fused-ring (bicyclic) bond motifs is 2. The number of nitrogens with two attached hydrogens (primary N) is 2. The van der Waals surface area contributed by atoms with Gasteiger partial charge in [0.2, 0.25) is 0 Å². The van der Waals surface area contributed by atoms with Gasteiger partial charge >= 0.3 is 0 Å². The van der Waals surface area contributed by atoms with Gasteiger partial charge in [0.25, 0.3) is 5.91 Å². The zero-order valence-electron chi connectivity index (χ0n) is 17.5. The molecular formula is C23H24N8O. The molecular weight excluding hydrogens is 404 g/mol. The maximum absolute atomic E-state index is 12.5. The molecule has 5 N–H and O–H groups in total. The number of nitrogens with zero attached hydrogens (tertiary/aromatic N) is 5. The summed E-state index contributed by atoms with van der Waals surface area (Å²) in [7, 11) is 0. The van der Waals surface area contributed by atoms with Crippen LogP contribution in [0.1, 0.15) is 35.7 Å². The van der Waals surface area contributed by atoms with Crippen LogP contribution in [0.5, 0.6) is 0 Å². The summed E-state index contributed by atoms with van der Waals surface area (Å²) in [6.07, 6.45) is 12.8. The molecule has 0 saturated heterocycles. The standard InChI is InChI=1S/C23H24N8O/c24-7-17(23(32)27-10-20-21-5-4-18(25)12-31(21)14-28-20)8-26-9-19-13-30-11-16(15-1-2-15)3-6-22(30)29-19/h3-8,11-15H,1-2,9-10,24-25H2,(H,27,32). The third kappa shape index (κ3) is 4.04. The molecule has 0 radical (unpaired) electrons. The van der Waals surface area contributed by atoms with Gasteiger partial charge in [0.05, 0.1) is 41.9 Å². The minimum atomic E-state index is -0.322.